The van der Waals surface area contributed by atoms with E-state index >= 15 is 0 Å². The van der Waals surface area contributed by atoms with Gasteiger partial charge in [-0.05, 0) is 20.3 Å². The lowest BCUT2D eigenvalue weighted by Crippen LogP contribution is -2.40. The summed E-state index contributed by atoms with van der Waals surface area (Å²) in [5.74, 6) is 1.26. The molecule has 0 bridgehead atoms. The van der Waals surface area contributed by atoms with E-state index in [4.69, 9.17) is 0 Å². The van der Waals surface area contributed by atoms with Crippen LogP contribution >= 0.6 is 0 Å². The number of hydrogen-bond acceptors (Lipinski definition) is 5. The van der Waals surface area contributed by atoms with Gasteiger partial charge in [-0.3, -0.25) is 14.8 Å². The van der Waals surface area contributed by atoms with Crippen molar-refractivity contribution in [3.63, 3.8) is 0 Å². The van der Waals surface area contributed by atoms with Crippen molar-refractivity contribution in [2.75, 3.05) is 13.1 Å². The Morgan fingerprint density at radius 1 is 1.42 bits per heavy atom. The summed E-state index contributed by atoms with van der Waals surface area (Å²) in [6, 6.07) is 9.68. The molecule has 2 heterocycles. The van der Waals surface area contributed by atoms with Gasteiger partial charge in [0, 0.05) is 18.2 Å². The molecule has 7 nitrogen and oxygen atoms in total. The third-order valence-electron chi connectivity index (χ3n) is 4.03. The molecule has 1 aliphatic rings. The summed E-state index contributed by atoms with van der Waals surface area (Å²) < 4.78 is 0. The Kier molecular flexibility index (Phi) is 4.92. The number of aromatic amines is 1. The quantitative estimate of drug-likeness (QED) is 0.764. The van der Waals surface area contributed by atoms with Gasteiger partial charge in [-0.25, -0.2) is 4.98 Å². The second-order valence-corrected chi connectivity index (χ2v) is 6.47. The molecule has 1 amide bonds. The van der Waals surface area contributed by atoms with Gasteiger partial charge >= 0.3 is 0 Å². The number of rotatable bonds is 5. The van der Waals surface area contributed by atoms with Crippen molar-refractivity contribution in [1.82, 2.24) is 25.4 Å². The summed E-state index contributed by atoms with van der Waals surface area (Å²) in [4.78, 5) is 18.5. The summed E-state index contributed by atoms with van der Waals surface area (Å²) in [7, 11) is 0. The molecule has 1 saturated heterocycles. The maximum atomic E-state index is 12.0. The second-order valence-electron chi connectivity index (χ2n) is 6.47. The summed E-state index contributed by atoms with van der Waals surface area (Å²) in [6.07, 6.45) is 0.0744. The summed E-state index contributed by atoms with van der Waals surface area (Å²) in [5, 5.41) is 20.1. The number of likely N-dealkylation sites (tertiary alicyclic amines) is 1. The molecule has 1 aromatic carbocycles. The van der Waals surface area contributed by atoms with Gasteiger partial charge in [0.25, 0.3) is 0 Å². The van der Waals surface area contributed by atoms with Gasteiger partial charge < -0.3 is 10.4 Å². The van der Waals surface area contributed by atoms with Gasteiger partial charge in [0.2, 0.25) is 5.91 Å². The number of β-amino-alcohol motifs (C(OH)–C–C–N with tert-alkyl or cyclic N) is 1. The van der Waals surface area contributed by atoms with Crippen LogP contribution in [0.4, 0.5) is 0 Å². The third-order valence-corrected chi connectivity index (χ3v) is 4.03. The van der Waals surface area contributed by atoms with Crippen molar-refractivity contribution in [2.45, 2.75) is 38.5 Å². The van der Waals surface area contributed by atoms with E-state index in [0.717, 1.165) is 5.56 Å². The zero-order valence-corrected chi connectivity index (χ0v) is 13.9. The number of aliphatic hydroxyl groups excluding tert-OH is 1. The number of benzene rings is 1. The van der Waals surface area contributed by atoms with Crippen LogP contribution in [-0.2, 0) is 4.79 Å². The fourth-order valence-electron chi connectivity index (χ4n) is 3.03. The SMILES string of the molecule is CC(C)NC(=O)CN1C[C@H](O)C[C@H]1c1nc(-c2ccccc2)n[nH]1. The fourth-order valence-corrected chi connectivity index (χ4v) is 3.03. The summed E-state index contributed by atoms with van der Waals surface area (Å²) in [5.41, 5.74) is 0.933. The highest BCUT2D eigenvalue weighted by atomic mass is 16.3. The normalized spacial score (nSPS) is 21.3. The van der Waals surface area contributed by atoms with E-state index in [1.165, 1.54) is 0 Å². The first-order chi connectivity index (χ1) is 11.5. The molecule has 2 atom stereocenters. The Hall–Kier alpha value is -2.25. The number of nitrogens with one attached hydrogen (secondary N) is 2. The fraction of sp³-hybridized carbons (Fsp3) is 0.471. The van der Waals surface area contributed by atoms with Crippen molar-refractivity contribution in [2.24, 2.45) is 0 Å². The molecule has 1 aromatic heterocycles. The lowest BCUT2D eigenvalue weighted by Gasteiger charge is -2.22. The van der Waals surface area contributed by atoms with Crippen LogP contribution in [0.1, 0.15) is 32.1 Å². The van der Waals surface area contributed by atoms with Crippen LogP contribution in [0, 0.1) is 0 Å². The van der Waals surface area contributed by atoms with Crippen LogP contribution < -0.4 is 5.32 Å². The van der Waals surface area contributed by atoms with E-state index < -0.39 is 6.10 Å². The van der Waals surface area contributed by atoms with E-state index in [1.807, 2.05) is 49.1 Å². The molecule has 2 aromatic rings. The van der Waals surface area contributed by atoms with Gasteiger partial charge in [-0.2, -0.15) is 5.10 Å². The minimum absolute atomic E-state index is 0.0492. The predicted octanol–water partition coefficient (Wildman–Crippen LogP) is 1.10. The van der Waals surface area contributed by atoms with E-state index in [0.29, 0.717) is 24.6 Å². The monoisotopic (exact) mass is 329 g/mol. The van der Waals surface area contributed by atoms with E-state index in [9.17, 15) is 9.90 Å². The van der Waals surface area contributed by atoms with Gasteiger partial charge in [-0.15, -0.1) is 0 Å². The molecule has 3 rings (SSSR count). The van der Waals surface area contributed by atoms with Crippen molar-refractivity contribution >= 4 is 5.91 Å². The van der Waals surface area contributed by atoms with Gasteiger partial charge in [0.05, 0.1) is 18.7 Å². The van der Waals surface area contributed by atoms with Gasteiger partial charge in [0.15, 0.2) is 5.82 Å². The number of aliphatic hydroxyl groups is 1. The largest absolute Gasteiger partial charge is 0.392 e. The number of amides is 1. The lowest BCUT2D eigenvalue weighted by atomic mass is 10.2. The number of hydrogen-bond donors (Lipinski definition) is 3. The number of carbonyl (C=O) groups excluding carboxylic acids is 1. The minimum Gasteiger partial charge on any atom is -0.392 e. The van der Waals surface area contributed by atoms with Crippen molar-refractivity contribution < 1.29 is 9.90 Å². The first-order valence-electron chi connectivity index (χ1n) is 8.22. The van der Waals surface area contributed by atoms with Gasteiger partial charge in [0.1, 0.15) is 5.82 Å². The Morgan fingerprint density at radius 3 is 2.88 bits per heavy atom. The van der Waals surface area contributed by atoms with Crippen LogP contribution in [-0.4, -0.2) is 56.3 Å². The molecular formula is C17H23N5O2. The Morgan fingerprint density at radius 2 is 2.17 bits per heavy atom. The van der Waals surface area contributed by atoms with Crippen molar-refractivity contribution in [1.29, 1.82) is 0 Å². The van der Waals surface area contributed by atoms with Gasteiger partial charge in [-0.1, -0.05) is 30.3 Å². The van der Waals surface area contributed by atoms with E-state index in [-0.39, 0.29) is 24.5 Å². The Labute approximate surface area is 141 Å². The van der Waals surface area contributed by atoms with Crippen molar-refractivity contribution in [3.8, 4) is 11.4 Å². The van der Waals surface area contributed by atoms with Crippen LogP contribution in [0.2, 0.25) is 0 Å². The topological polar surface area (TPSA) is 94.1 Å². The highest BCUT2D eigenvalue weighted by Crippen LogP contribution is 2.30. The predicted molar refractivity (Wildman–Crippen MR) is 90.0 cm³/mol. The van der Waals surface area contributed by atoms with Crippen molar-refractivity contribution in [3.05, 3.63) is 36.2 Å². The maximum absolute atomic E-state index is 12.0. The molecule has 1 fully saturated rings. The van der Waals surface area contributed by atoms with E-state index in [2.05, 4.69) is 20.5 Å². The zero-order chi connectivity index (χ0) is 17.1. The maximum Gasteiger partial charge on any atom is 0.234 e. The molecule has 3 N–H and O–H groups in total. The second kappa shape index (κ2) is 7.11. The summed E-state index contributed by atoms with van der Waals surface area (Å²) >= 11 is 0. The molecule has 7 heteroatoms. The molecule has 1 aliphatic heterocycles. The first kappa shape index (κ1) is 16.6. The molecule has 128 valence electrons. The molecule has 24 heavy (non-hydrogen) atoms. The third kappa shape index (κ3) is 3.80. The number of carbonyl (C=O) groups is 1. The Balaban J connectivity index is 1.74. The van der Waals surface area contributed by atoms with E-state index in [1.54, 1.807) is 0 Å². The zero-order valence-electron chi connectivity index (χ0n) is 13.9. The lowest BCUT2D eigenvalue weighted by molar-refractivity contribution is -0.123. The smallest absolute Gasteiger partial charge is 0.234 e. The van der Waals surface area contributed by atoms with Crippen LogP contribution in [0.5, 0.6) is 0 Å². The Bertz CT molecular complexity index is 685. The number of nitrogens with zero attached hydrogens (tertiary/aromatic N) is 3. The molecular weight excluding hydrogens is 306 g/mol. The molecule has 0 aliphatic carbocycles. The molecule has 0 spiro atoms. The molecule has 0 radical (unpaired) electrons. The first-order valence-corrected chi connectivity index (χ1v) is 8.22. The van der Waals surface area contributed by atoms with Crippen LogP contribution in [0.25, 0.3) is 11.4 Å². The molecule has 0 saturated carbocycles. The standard InChI is InChI=1S/C17H23N5O2/c1-11(2)18-15(24)10-22-9-13(23)8-14(22)17-19-16(20-21-17)12-6-4-3-5-7-12/h3-7,11,13-14,23H,8-10H2,1-2H3,(H,18,24)(H,19,20,21)/t13-,14+/m1/s1. The average Bonchev–Trinajstić information content (AvgIpc) is 3.14. The average molecular weight is 329 g/mol. The van der Waals surface area contributed by atoms with Crippen LogP contribution in [0.15, 0.2) is 30.3 Å². The highest BCUT2D eigenvalue weighted by Gasteiger charge is 2.35. The number of H-pyrrole nitrogens is 1. The minimum atomic E-state index is -0.466. The number of aromatic nitrogens is 3. The highest BCUT2D eigenvalue weighted by molar-refractivity contribution is 5.78. The summed E-state index contributed by atoms with van der Waals surface area (Å²) in [6.45, 7) is 4.55. The molecule has 0 unspecified atom stereocenters. The van der Waals surface area contributed by atoms with Crippen LogP contribution in [0.3, 0.4) is 0 Å².